The van der Waals surface area contributed by atoms with E-state index in [1.165, 1.54) is 12.1 Å². The first-order valence-corrected chi connectivity index (χ1v) is 8.19. The summed E-state index contributed by atoms with van der Waals surface area (Å²) in [6, 6.07) is 3.43. The van der Waals surface area contributed by atoms with Crippen molar-refractivity contribution in [1.82, 2.24) is 5.32 Å². The minimum Gasteiger partial charge on any atom is -0.352 e. The molecule has 0 atom stereocenters. The van der Waals surface area contributed by atoms with Crippen LogP contribution in [-0.2, 0) is 9.05 Å². The van der Waals surface area contributed by atoms with Crippen LogP contribution in [0.3, 0.4) is 0 Å². The predicted molar refractivity (Wildman–Crippen MR) is 70.2 cm³/mol. The minimum atomic E-state index is -4.38. The van der Waals surface area contributed by atoms with Gasteiger partial charge in [-0.05, 0) is 18.2 Å². The molecule has 112 valence electrons. The van der Waals surface area contributed by atoms with Gasteiger partial charge >= 0.3 is 6.18 Å². The van der Waals surface area contributed by atoms with Crippen molar-refractivity contribution in [2.45, 2.75) is 17.5 Å². The molecule has 1 amide bonds. The van der Waals surface area contributed by atoms with Gasteiger partial charge in [0.05, 0.1) is 11.3 Å². The van der Waals surface area contributed by atoms with Crippen LogP contribution >= 0.6 is 26.6 Å². The van der Waals surface area contributed by atoms with Gasteiger partial charge in [0.15, 0.2) is 0 Å². The molecule has 1 N–H and O–H groups in total. The molecule has 0 saturated carbocycles. The molecule has 0 unspecified atom stereocenters. The quantitative estimate of drug-likeness (QED) is 0.799. The maximum Gasteiger partial charge on any atom is 0.390 e. The third-order valence-corrected chi connectivity index (χ3v) is 3.90. The molecule has 0 aliphatic rings. The van der Waals surface area contributed by atoms with E-state index in [1.54, 1.807) is 0 Å². The number of amides is 1. The van der Waals surface area contributed by atoms with E-state index in [0.717, 1.165) is 6.07 Å². The summed E-state index contributed by atoms with van der Waals surface area (Å²) in [4.78, 5) is 11.3. The number of hydrogen-bond donors (Lipinski definition) is 1. The fourth-order valence-electron chi connectivity index (χ4n) is 1.25. The van der Waals surface area contributed by atoms with E-state index in [9.17, 15) is 26.4 Å². The Balaban J connectivity index is 2.86. The van der Waals surface area contributed by atoms with Crippen LogP contribution in [0.2, 0.25) is 0 Å². The lowest BCUT2D eigenvalue weighted by Gasteiger charge is -2.09. The summed E-state index contributed by atoms with van der Waals surface area (Å²) in [5.74, 6) is -0.822. The summed E-state index contributed by atoms with van der Waals surface area (Å²) in [5.41, 5.74) is -0.110. The molecule has 0 saturated heterocycles. The van der Waals surface area contributed by atoms with E-state index in [4.69, 9.17) is 10.7 Å². The van der Waals surface area contributed by atoms with E-state index >= 15 is 0 Å². The number of hydrogen-bond acceptors (Lipinski definition) is 3. The summed E-state index contributed by atoms with van der Waals surface area (Å²) in [5, 5.41) is 2.04. The van der Waals surface area contributed by atoms with Gasteiger partial charge in [-0.3, -0.25) is 4.79 Å². The van der Waals surface area contributed by atoms with Crippen LogP contribution in [0.5, 0.6) is 0 Å². The molecular weight excluding hydrogens is 387 g/mol. The first-order chi connectivity index (χ1) is 8.99. The van der Waals surface area contributed by atoms with Gasteiger partial charge in [-0.25, -0.2) is 8.42 Å². The van der Waals surface area contributed by atoms with Crippen molar-refractivity contribution >= 4 is 41.6 Å². The fourth-order valence-corrected chi connectivity index (χ4v) is 2.70. The molecule has 0 heterocycles. The fraction of sp³-hybridized carbons (Fsp3) is 0.300. The summed E-state index contributed by atoms with van der Waals surface area (Å²) >= 11 is 2.99. The Labute approximate surface area is 125 Å². The Kier molecular flexibility index (Phi) is 5.45. The molecule has 20 heavy (non-hydrogen) atoms. The van der Waals surface area contributed by atoms with Gasteiger partial charge in [-0.15, -0.1) is 0 Å². The third-order valence-electron chi connectivity index (χ3n) is 2.11. The highest BCUT2D eigenvalue weighted by Crippen LogP contribution is 2.22. The van der Waals surface area contributed by atoms with Crippen molar-refractivity contribution < 1.29 is 26.4 Å². The number of carbonyl (C=O) groups excluding carboxylic acids is 1. The summed E-state index contributed by atoms with van der Waals surface area (Å²) in [6.07, 6.45) is -5.55. The van der Waals surface area contributed by atoms with Gasteiger partial charge in [-0.1, -0.05) is 15.9 Å². The van der Waals surface area contributed by atoms with E-state index in [-0.39, 0.29) is 14.9 Å². The Morgan fingerprint density at radius 1 is 1.30 bits per heavy atom. The molecule has 4 nitrogen and oxygen atoms in total. The van der Waals surface area contributed by atoms with E-state index < -0.39 is 34.1 Å². The number of benzene rings is 1. The predicted octanol–water partition coefficient (Wildman–Crippen LogP) is 3.06. The third kappa shape index (κ3) is 5.68. The lowest BCUT2D eigenvalue weighted by atomic mass is 10.2. The van der Waals surface area contributed by atoms with Gasteiger partial charge in [0, 0.05) is 27.3 Å². The lowest BCUT2D eigenvalue weighted by molar-refractivity contribution is -0.132. The zero-order valence-electron chi connectivity index (χ0n) is 9.67. The van der Waals surface area contributed by atoms with Crippen molar-refractivity contribution in [2.75, 3.05) is 6.54 Å². The van der Waals surface area contributed by atoms with Crippen molar-refractivity contribution in [2.24, 2.45) is 0 Å². The summed E-state index contributed by atoms with van der Waals surface area (Å²) in [6.45, 7) is -0.599. The van der Waals surface area contributed by atoms with Crippen LogP contribution < -0.4 is 5.32 Å². The first-order valence-electron chi connectivity index (χ1n) is 5.09. The lowest BCUT2D eigenvalue weighted by Crippen LogP contribution is -2.28. The zero-order valence-corrected chi connectivity index (χ0v) is 12.8. The van der Waals surface area contributed by atoms with Crippen LogP contribution in [0.15, 0.2) is 27.6 Å². The highest BCUT2D eigenvalue weighted by Gasteiger charge is 2.26. The van der Waals surface area contributed by atoms with Crippen LogP contribution in [0.25, 0.3) is 0 Å². The van der Waals surface area contributed by atoms with Crippen LogP contribution in [0.1, 0.15) is 16.8 Å². The van der Waals surface area contributed by atoms with Gasteiger partial charge < -0.3 is 5.32 Å². The molecule has 1 aromatic carbocycles. The molecule has 0 radical (unpaired) electrons. The van der Waals surface area contributed by atoms with Crippen molar-refractivity contribution in [3.05, 3.63) is 28.2 Å². The standard InChI is InChI=1S/C10H8BrClF3NO3S/c11-7-3-6(4-8(5-7)20(12,18)19)9(17)16-2-1-10(13,14)15/h3-5H,1-2H2,(H,16,17). The van der Waals surface area contributed by atoms with Crippen molar-refractivity contribution in [3.8, 4) is 0 Å². The van der Waals surface area contributed by atoms with Crippen LogP contribution in [0.4, 0.5) is 13.2 Å². The number of carbonyl (C=O) groups is 1. The normalized spacial score (nSPS) is 12.2. The first kappa shape index (κ1) is 17.3. The molecule has 0 aliphatic heterocycles. The minimum absolute atomic E-state index is 0.110. The number of nitrogens with one attached hydrogen (secondary N) is 1. The average molecular weight is 395 g/mol. The van der Waals surface area contributed by atoms with Gasteiger partial charge in [-0.2, -0.15) is 13.2 Å². The smallest absolute Gasteiger partial charge is 0.352 e. The summed E-state index contributed by atoms with van der Waals surface area (Å²) < 4.78 is 58.4. The molecule has 0 aliphatic carbocycles. The Hall–Kier alpha value is -0.800. The molecule has 0 bridgehead atoms. The van der Waals surface area contributed by atoms with Crippen molar-refractivity contribution in [1.29, 1.82) is 0 Å². The molecular formula is C10H8BrClF3NO3S. The molecule has 1 rings (SSSR count). The van der Waals surface area contributed by atoms with E-state index in [1.807, 2.05) is 5.32 Å². The maximum atomic E-state index is 11.9. The van der Waals surface area contributed by atoms with Gasteiger partial charge in [0.2, 0.25) is 0 Å². The topological polar surface area (TPSA) is 63.2 Å². The SMILES string of the molecule is O=C(NCCC(F)(F)F)c1cc(Br)cc(S(=O)(=O)Cl)c1. The van der Waals surface area contributed by atoms with Crippen LogP contribution in [0, 0.1) is 0 Å². The highest BCUT2D eigenvalue weighted by molar-refractivity contribution is 9.10. The largest absolute Gasteiger partial charge is 0.390 e. The molecule has 0 aromatic heterocycles. The van der Waals surface area contributed by atoms with Gasteiger partial charge in [0.1, 0.15) is 0 Å². The monoisotopic (exact) mass is 393 g/mol. The second kappa shape index (κ2) is 6.31. The molecule has 1 aromatic rings. The maximum absolute atomic E-state index is 11.9. The van der Waals surface area contributed by atoms with E-state index in [2.05, 4.69) is 15.9 Å². The number of rotatable bonds is 4. The zero-order chi connectivity index (χ0) is 15.6. The van der Waals surface area contributed by atoms with Gasteiger partial charge in [0.25, 0.3) is 15.0 Å². The van der Waals surface area contributed by atoms with E-state index in [0.29, 0.717) is 0 Å². The second-order valence-electron chi connectivity index (χ2n) is 3.73. The Morgan fingerprint density at radius 2 is 1.90 bits per heavy atom. The number of alkyl halides is 3. The molecule has 0 spiro atoms. The second-order valence-corrected chi connectivity index (χ2v) is 7.22. The Bertz CT molecular complexity index is 619. The molecule has 0 fully saturated rings. The van der Waals surface area contributed by atoms with Crippen molar-refractivity contribution in [3.63, 3.8) is 0 Å². The number of halogens is 5. The summed E-state index contributed by atoms with van der Waals surface area (Å²) in [7, 11) is 1.10. The average Bonchev–Trinajstić information content (AvgIpc) is 2.25. The Morgan fingerprint density at radius 3 is 2.40 bits per heavy atom. The van der Waals surface area contributed by atoms with Crippen LogP contribution in [-0.4, -0.2) is 27.0 Å². The highest BCUT2D eigenvalue weighted by atomic mass is 79.9. The molecule has 10 heteroatoms.